The van der Waals surface area contributed by atoms with E-state index in [1.54, 1.807) is 0 Å². The van der Waals surface area contributed by atoms with E-state index in [0.29, 0.717) is 0 Å². The molecule has 0 amide bonds. The molecule has 3 heteroatoms. The Bertz CT molecular complexity index is 1390. The van der Waals surface area contributed by atoms with Crippen molar-refractivity contribution >= 4 is 15.4 Å². The number of benzene rings is 4. The van der Waals surface area contributed by atoms with Gasteiger partial charge >= 0.3 is 112 Å². The van der Waals surface area contributed by atoms with Crippen molar-refractivity contribution < 1.29 is 49.0 Å². The third-order valence-corrected chi connectivity index (χ3v) is 8.00. The molecular weight excluding hydrogens is 607 g/mol. The molecule has 4 aromatic rings. The quantitative estimate of drug-likeness (QED) is 0.266. The number of hydrogen-bond acceptors (Lipinski definition) is 0. The van der Waals surface area contributed by atoms with E-state index in [4.69, 9.17) is 0 Å². The minimum atomic E-state index is 0. The standard InChI is InChI=1S/C17H13.C15H14.C5H5.2ClH.Zr/c1-3-12-5-7-14-11-15-8-6-13(4-2)10-17(15)16(14)9-12;1-12-3-7-14(8-4-12)11-15-9-5-13(2)6-10-15;1-2-4-5-3-1;;;/h3-7,9-10H,1-2,11H2;3-10H,1-2H3;1-3H,4H2;2*1H;/q-1;;-1;;;+2/p-2. The topological polar surface area (TPSA) is 0 Å². The van der Waals surface area contributed by atoms with E-state index in [9.17, 15) is 0 Å². The number of allylic oxidation sites excluding steroid dienone is 4. The first kappa shape index (κ1) is 33.4. The largest absolute Gasteiger partial charge is 1.00 e. The first-order valence-corrected chi connectivity index (χ1v) is 14.1. The Morgan fingerprint density at radius 1 is 0.775 bits per heavy atom. The zero-order chi connectivity index (χ0) is 26.9. The first-order chi connectivity index (χ1) is 18.5. The summed E-state index contributed by atoms with van der Waals surface area (Å²) < 4.78 is 1.42. The van der Waals surface area contributed by atoms with Crippen LogP contribution in [0.1, 0.15) is 50.9 Å². The van der Waals surface area contributed by atoms with Gasteiger partial charge in [-0.2, -0.15) is 29.8 Å². The smallest absolute Gasteiger partial charge is 0.109 e. The molecule has 4 aromatic carbocycles. The van der Waals surface area contributed by atoms with Gasteiger partial charge in [-0.05, 0) is 12.0 Å². The Morgan fingerprint density at radius 3 is 1.82 bits per heavy atom. The molecule has 0 aromatic heterocycles. The summed E-state index contributed by atoms with van der Waals surface area (Å²) in [5.41, 5.74) is 12.9. The van der Waals surface area contributed by atoms with Gasteiger partial charge in [0.05, 0.1) is 0 Å². The van der Waals surface area contributed by atoms with Gasteiger partial charge in [0.25, 0.3) is 0 Å². The van der Waals surface area contributed by atoms with Gasteiger partial charge < -0.3 is 24.8 Å². The average molecular weight is 639 g/mol. The van der Waals surface area contributed by atoms with Crippen LogP contribution in [-0.4, -0.2) is 3.21 Å². The molecule has 0 bridgehead atoms. The second kappa shape index (κ2) is 16.4. The minimum Gasteiger partial charge on any atom is -1.00 e. The molecule has 40 heavy (non-hydrogen) atoms. The molecule has 6 rings (SSSR count). The fraction of sp³-hybridized carbons (Fsp3) is 0.108. The Balaban J connectivity index is 0.000000229. The summed E-state index contributed by atoms with van der Waals surface area (Å²) in [5, 5.41) is 0. The second-order valence-corrected chi connectivity index (χ2v) is 10.7. The number of aryl methyl sites for hydroxylation is 2. The summed E-state index contributed by atoms with van der Waals surface area (Å²) in [4.78, 5) is 0. The molecule has 0 saturated carbocycles. The molecule has 0 atom stereocenters. The summed E-state index contributed by atoms with van der Waals surface area (Å²) in [6.07, 6.45) is 14.7. The van der Waals surface area contributed by atoms with E-state index in [1.807, 2.05) is 30.4 Å². The van der Waals surface area contributed by atoms with E-state index >= 15 is 0 Å². The monoisotopic (exact) mass is 636 g/mol. The maximum Gasteiger partial charge on any atom is -0.109 e. The van der Waals surface area contributed by atoms with Crippen molar-refractivity contribution in [1.82, 2.24) is 0 Å². The number of halogens is 2. The Hall–Kier alpha value is -2.83. The number of rotatable bonds is 4. The van der Waals surface area contributed by atoms with Gasteiger partial charge in [0.15, 0.2) is 0 Å². The molecular formula is C37H32Cl2Zr-2. The number of hydrogen-bond donors (Lipinski definition) is 0. The van der Waals surface area contributed by atoms with Gasteiger partial charge in [-0.3, -0.25) is 6.08 Å². The van der Waals surface area contributed by atoms with Crippen LogP contribution in [0.3, 0.4) is 0 Å². The number of fused-ring (bicyclic) bond motifs is 3. The van der Waals surface area contributed by atoms with Crippen LogP contribution in [-0.2, 0) is 30.7 Å². The predicted octanol–water partition coefficient (Wildman–Crippen LogP) is 3.08. The normalized spacial score (nSPS) is 11.3. The van der Waals surface area contributed by atoms with Gasteiger partial charge in [-0.25, -0.2) is 12.2 Å². The Labute approximate surface area is 267 Å². The zero-order valence-corrected chi connectivity index (χ0v) is 26.9. The zero-order valence-electron chi connectivity index (χ0n) is 23.0. The van der Waals surface area contributed by atoms with Crippen LogP contribution in [0.4, 0.5) is 0 Å². The molecule has 2 aliphatic carbocycles. The van der Waals surface area contributed by atoms with Crippen LogP contribution >= 0.6 is 0 Å². The van der Waals surface area contributed by atoms with Crippen molar-refractivity contribution in [1.29, 1.82) is 0 Å². The van der Waals surface area contributed by atoms with E-state index in [1.165, 1.54) is 77.5 Å². The summed E-state index contributed by atoms with van der Waals surface area (Å²) in [6.45, 7) is 11.9. The molecule has 0 heterocycles. The van der Waals surface area contributed by atoms with Crippen LogP contribution in [0.5, 0.6) is 0 Å². The van der Waals surface area contributed by atoms with Gasteiger partial charge in [0.1, 0.15) is 0 Å². The molecule has 0 N–H and O–H groups in total. The predicted molar refractivity (Wildman–Crippen MR) is 161 cm³/mol. The fourth-order valence-corrected chi connectivity index (χ4v) is 5.13. The van der Waals surface area contributed by atoms with Gasteiger partial charge in [0, 0.05) is 0 Å². The molecule has 0 aliphatic heterocycles. The fourth-order valence-electron chi connectivity index (χ4n) is 4.31. The van der Waals surface area contributed by atoms with Crippen molar-refractivity contribution in [2.24, 2.45) is 0 Å². The Kier molecular flexibility index (Phi) is 13.7. The second-order valence-electron chi connectivity index (χ2n) is 9.44. The van der Waals surface area contributed by atoms with Crippen molar-refractivity contribution in [3.05, 3.63) is 167 Å². The SMILES string of the molecule is C=Cc1c[c-]c2c(c1)-c1cc(C=C)ccc1C2.Cc1ccc([C](=[Zr+2])c2ccc(C)cc2)cc1.[C-]1=CC=CC1.[Cl-].[Cl-]. The van der Waals surface area contributed by atoms with Gasteiger partial charge in [-0.15, -0.1) is 30.2 Å². The van der Waals surface area contributed by atoms with Crippen LogP contribution in [0.2, 0.25) is 0 Å². The average Bonchev–Trinajstić information content (AvgIpc) is 3.65. The molecule has 0 nitrogen and oxygen atoms in total. The maximum absolute atomic E-state index is 3.82. The first-order valence-electron chi connectivity index (χ1n) is 12.9. The van der Waals surface area contributed by atoms with Crippen LogP contribution in [0.15, 0.2) is 110 Å². The third kappa shape index (κ3) is 8.84. The van der Waals surface area contributed by atoms with Crippen molar-refractivity contribution in [2.45, 2.75) is 26.7 Å². The molecule has 0 unspecified atom stereocenters. The van der Waals surface area contributed by atoms with Crippen molar-refractivity contribution in [3.63, 3.8) is 0 Å². The molecule has 2 aliphatic rings. The maximum atomic E-state index is 3.82. The van der Waals surface area contributed by atoms with E-state index in [0.717, 1.165) is 18.4 Å². The molecule has 0 spiro atoms. The summed E-state index contributed by atoms with van der Waals surface area (Å²) in [6, 6.07) is 31.6. The summed E-state index contributed by atoms with van der Waals surface area (Å²) in [5.74, 6) is 0. The van der Waals surface area contributed by atoms with Gasteiger partial charge in [-0.1, -0.05) is 42.0 Å². The van der Waals surface area contributed by atoms with E-state index in [-0.39, 0.29) is 24.8 Å². The minimum absolute atomic E-state index is 0. The molecule has 0 saturated heterocycles. The van der Waals surface area contributed by atoms with E-state index in [2.05, 4.69) is 118 Å². The molecule has 200 valence electrons. The Morgan fingerprint density at radius 2 is 1.35 bits per heavy atom. The summed E-state index contributed by atoms with van der Waals surface area (Å²) in [7, 11) is 0. The molecule has 0 fully saturated rings. The van der Waals surface area contributed by atoms with Crippen LogP contribution in [0.25, 0.3) is 23.3 Å². The van der Waals surface area contributed by atoms with E-state index < -0.39 is 0 Å². The summed E-state index contributed by atoms with van der Waals surface area (Å²) >= 11 is 1.46. The van der Waals surface area contributed by atoms with Crippen LogP contribution in [0, 0.1) is 26.0 Å². The van der Waals surface area contributed by atoms with Crippen molar-refractivity contribution in [2.75, 3.05) is 0 Å². The van der Waals surface area contributed by atoms with Crippen molar-refractivity contribution in [3.8, 4) is 11.1 Å². The van der Waals surface area contributed by atoms with Gasteiger partial charge in [0.2, 0.25) is 0 Å². The van der Waals surface area contributed by atoms with Crippen LogP contribution < -0.4 is 24.8 Å². The third-order valence-electron chi connectivity index (χ3n) is 6.58. The molecule has 0 radical (unpaired) electrons.